The van der Waals surface area contributed by atoms with Crippen molar-refractivity contribution in [2.45, 2.75) is 51.4 Å². The first kappa shape index (κ1) is 58.8. The number of rotatable bonds is 23. The third-order valence-electron chi connectivity index (χ3n) is 15.4. The Bertz CT molecular complexity index is 4330. The number of aromatic amines is 4. The molecule has 8 aromatic heterocycles. The minimum Gasteiger partial charge on any atom is -0.461 e. The van der Waals surface area contributed by atoms with Crippen LogP contribution in [0.2, 0.25) is 0 Å². The van der Waals surface area contributed by atoms with Gasteiger partial charge in [0.15, 0.2) is 0 Å². The van der Waals surface area contributed by atoms with Crippen molar-refractivity contribution in [3.05, 3.63) is 204 Å². The summed E-state index contributed by atoms with van der Waals surface area (Å²) in [6.07, 6.45) is 33.2. The van der Waals surface area contributed by atoms with Crippen LogP contribution >= 0.6 is 0 Å². The van der Waals surface area contributed by atoms with Gasteiger partial charge in [-0.25, -0.2) is 29.9 Å². The van der Waals surface area contributed by atoms with Crippen molar-refractivity contribution in [1.82, 2.24) is 59.0 Å². The Labute approximate surface area is 516 Å². The topological polar surface area (TPSA) is 256 Å². The smallest absolute Gasteiger partial charge is 0.306 e. The molecule has 0 radical (unpaired) electrons. The van der Waals surface area contributed by atoms with E-state index in [4.69, 9.17) is 38.9 Å². The van der Waals surface area contributed by atoms with Gasteiger partial charge >= 0.3 is 23.9 Å². The number of H-pyrrole nitrogens is 4. The molecule has 12 rings (SSSR count). The summed E-state index contributed by atoms with van der Waals surface area (Å²) in [5.41, 5.74) is 15.7. The van der Waals surface area contributed by atoms with Crippen LogP contribution in [-0.4, -0.2) is 109 Å². The van der Waals surface area contributed by atoms with Crippen LogP contribution in [0.1, 0.15) is 93.5 Å². The van der Waals surface area contributed by atoms with Gasteiger partial charge in [-0.2, -0.15) is 0 Å². The Morgan fingerprint density at radius 1 is 0.367 bits per heavy atom. The van der Waals surface area contributed by atoms with Gasteiger partial charge in [-0.15, -0.1) is 0 Å². The summed E-state index contributed by atoms with van der Waals surface area (Å²) < 4.78 is 25.8. The Morgan fingerprint density at radius 2 is 0.633 bits per heavy atom. The Hall–Kier alpha value is -11.5. The van der Waals surface area contributed by atoms with Gasteiger partial charge in [-0.3, -0.25) is 19.2 Å². The maximum absolute atomic E-state index is 13.4. The Kier molecular flexibility index (Phi) is 17.4. The number of hydrogen-bond acceptors (Lipinski definition) is 14. The van der Waals surface area contributed by atoms with Gasteiger partial charge in [0.2, 0.25) is 0 Å². The van der Waals surface area contributed by atoms with Gasteiger partial charge in [0.1, 0.15) is 26.4 Å². The summed E-state index contributed by atoms with van der Waals surface area (Å²) in [7, 11) is 0. The zero-order valence-electron chi connectivity index (χ0n) is 49.2. The predicted octanol–water partition coefficient (Wildman–Crippen LogP) is 12.3. The van der Waals surface area contributed by atoms with Crippen LogP contribution in [0.25, 0.3) is 115 Å². The lowest BCUT2D eigenvalue weighted by Crippen LogP contribution is -2.06. The molecule has 0 unspecified atom stereocenters. The van der Waals surface area contributed by atoms with Crippen LogP contribution in [0.15, 0.2) is 137 Å². The van der Waals surface area contributed by atoms with Crippen molar-refractivity contribution >= 4 is 117 Å². The molecule has 20 nitrogen and oxygen atoms in total. The van der Waals surface area contributed by atoms with Crippen LogP contribution in [0, 0.1) is 0 Å². The second kappa shape index (κ2) is 26.6. The average Bonchev–Trinajstić information content (AvgIpc) is 1.73. The minimum atomic E-state index is -0.406. The van der Waals surface area contributed by atoms with Crippen molar-refractivity contribution < 1.29 is 38.1 Å². The number of nitrogens with one attached hydrogen (secondary N) is 4. The van der Waals surface area contributed by atoms with E-state index < -0.39 is 23.9 Å². The van der Waals surface area contributed by atoms with Gasteiger partial charge < -0.3 is 48.0 Å². The monoisotopic (exact) mass is 1200 g/mol. The maximum Gasteiger partial charge on any atom is 0.306 e. The molecule has 20 heteroatoms. The second-order valence-corrected chi connectivity index (χ2v) is 21.2. The average molecular weight is 1200 g/mol. The van der Waals surface area contributed by atoms with E-state index in [2.05, 4.69) is 56.2 Å². The highest BCUT2D eigenvalue weighted by atomic mass is 16.5. The highest BCUT2D eigenvalue weighted by molar-refractivity contribution is 6.02. The standard InChI is InChI=1S/C70H62N12O8/c1-5-37-87-63(83)29-9-43-47-13-21-55(73-47)67(56-22-14-48(74-56)44(10-30-64(84)88-38-6-2)52-18-26-60(78-52)69(81-35-33-71-41-81)59-25-17-51(43)77-59)68-57-23-15-49(75-57)45(11-31-65(85)89-39-7-3)53-19-27-61(79-53)70(82-36-34-72-42-82)62-28-20-54(80-62)46(50-16-24-58(68)76-50)12-32-66(86)90-40-8-4/h5-8,13-28,33-36,41-42,73,75,78,80H,1-4,9-12,29-32,37-40H2. The summed E-state index contributed by atoms with van der Waals surface area (Å²) in [5.74, 6) is -1.62. The first-order valence-corrected chi connectivity index (χ1v) is 29.4. The van der Waals surface area contributed by atoms with E-state index >= 15 is 0 Å². The van der Waals surface area contributed by atoms with Gasteiger partial charge in [0, 0.05) is 117 Å². The summed E-state index contributed by atoms with van der Waals surface area (Å²) in [5, 5.41) is 0. The first-order valence-electron chi connectivity index (χ1n) is 29.4. The normalized spacial score (nSPS) is 12.0. The minimum absolute atomic E-state index is 0.0330. The fourth-order valence-corrected chi connectivity index (χ4v) is 11.3. The number of imidazole rings is 2. The molecule has 450 valence electrons. The van der Waals surface area contributed by atoms with Gasteiger partial charge in [0.25, 0.3) is 0 Å². The van der Waals surface area contributed by atoms with E-state index in [1.807, 2.05) is 119 Å². The summed E-state index contributed by atoms with van der Waals surface area (Å²) in [4.78, 5) is 98.8. The first-order chi connectivity index (χ1) is 44.1. The highest BCUT2D eigenvalue weighted by Crippen LogP contribution is 2.39. The van der Waals surface area contributed by atoms with E-state index in [0.29, 0.717) is 112 Å². The van der Waals surface area contributed by atoms with Gasteiger partial charge in [-0.1, -0.05) is 50.6 Å². The van der Waals surface area contributed by atoms with E-state index in [1.165, 1.54) is 24.3 Å². The van der Waals surface area contributed by atoms with E-state index in [1.54, 1.807) is 25.0 Å². The lowest BCUT2D eigenvalue weighted by Gasteiger charge is -2.08. The van der Waals surface area contributed by atoms with E-state index in [0.717, 1.165) is 22.3 Å². The molecule has 0 amide bonds. The molecule has 12 heterocycles. The Balaban J connectivity index is 1.20. The number of fused-ring (bicyclic) bond motifs is 16. The van der Waals surface area contributed by atoms with Crippen molar-refractivity contribution in [2.24, 2.45) is 0 Å². The number of hydrogen-bond donors (Lipinski definition) is 4. The molecule has 0 spiro atoms. The summed E-state index contributed by atoms with van der Waals surface area (Å²) in [6, 6.07) is 15.7. The number of carbonyl (C=O) groups excluding carboxylic acids is 4. The van der Waals surface area contributed by atoms with Crippen LogP contribution < -0.4 is 0 Å². The third-order valence-corrected chi connectivity index (χ3v) is 15.4. The lowest BCUT2D eigenvalue weighted by molar-refractivity contribution is -0.143. The highest BCUT2D eigenvalue weighted by Gasteiger charge is 2.24. The molecular weight excluding hydrogens is 1140 g/mol. The van der Waals surface area contributed by atoms with Crippen molar-refractivity contribution in [3.63, 3.8) is 0 Å². The van der Waals surface area contributed by atoms with Crippen LogP contribution in [0.3, 0.4) is 0 Å². The molecule has 0 fully saturated rings. The second-order valence-electron chi connectivity index (χ2n) is 21.2. The Morgan fingerprint density at radius 3 is 0.933 bits per heavy atom. The van der Waals surface area contributed by atoms with Crippen molar-refractivity contribution in [1.29, 1.82) is 0 Å². The SMILES string of the molecule is C=CCOC(=O)CCc1c2nc(c(-n3ccnc3)c3ccc([nH]3)c(CCC(=O)OCC=C)c3nc(c(-c4c5nc(c(CCC(=O)OCC=C)c6ccc([nH]6)c(-n6ccnc6)c6nc(c(CCC(=O)OCC=C)c7ccc4[nH]7)C=C6)C=C5)c4ccc1[nH]4)C=C3)C=C2. The zero-order chi connectivity index (χ0) is 62.1. The maximum atomic E-state index is 13.4. The fourth-order valence-electron chi connectivity index (χ4n) is 11.3. The molecule has 4 aliphatic rings. The summed E-state index contributed by atoms with van der Waals surface area (Å²) >= 11 is 0. The molecule has 90 heavy (non-hydrogen) atoms. The molecule has 4 aliphatic heterocycles. The van der Waals surface area contributed by atoms with E-state index in [-0.39, 0.29) is 77.8 Å². The molecule has 0 saturated heterocycles. The molecule has 0 aromatic carbocycles. The molecule has 4 N–H and O–H groups in total. The predicted molar refractivity (Wildman–Crippen MR) is 349 cm³/mol. The number of nitrogens with zero attached hydrogens (tertiary/aromatic N) is 8. The molecule has 16 bridgehead atoms. The molecule has 0 aliphatic carbocycles. The van der Waals surface area contributed by atoms with Crippen LogP contribution in [-0.2, 0) is 63.8 Å². The molecular formula is C70H62N12O8. The van der Waals surface area contributed by atoms with Crippen LogP contribution in [0.5, 0.6) is 0 Å². The van der Waals surface area contributed by atoms with Crippen molar-refractivity contribution in [2.75, 3.05) is 26.4 Å². The number of carbonyl (C=O) groups is 4. The van der Waals surface area contributed by atoms with Gasteiger partial charge in [0.05, 0.1) is 80.6 Å². The van der Waals surface area contributed by atoms with Gasteiger partial charge in [-0.05, 0) is 123 Å². The molecule has 8 aromatic rings. The number of aryl methyl sites for hydroxylation is 4. The summed E-state index contributed by atoms with van der Waals surface area (Å²) in [6.45, 7) is 15.2. The largest absolute Gasteiger partial charge is 0.461 e. The number of esters is 4. The third kappa shape index (κ3) is 12.5. The number of ether oxygens (including phenoxy) is 4. The molecule has 0 atom stereocenters. The van der Waals surface area contributed by atoms with E-state index in [9.17, 15) is 19.2 Å². The fraction of sp³-hybridized carbons (Fsp3) is 0.171. The quantitative estimate of drug-likeness (QED) is 0.0264. The van der Waals surface area contributed by atoms with Crippen molar-refractivity contribution in [3.8, 4) is 22.5 Å². The lowest BCUT2D eigenvalue weighted by atomic mass is 10.0. The van der Waals surface area contributed by atoms with Crippen LogP contribution in [0.4, 0.5) is 0 Å². The zero-order valence-corrected chi connectivity index (χ0v) is 49.2. The molecule has 0 saturated carbocycles. The number of aromatic nitrogens is 12.